The van der Waals surface area contributed by atoms with Gasteiger partial charge in [-0.2, -0.15) is 0 Å². The van der Waals surface area contributed by atoms with Crippen molar-refractivity contribution in [3.63, 3.8) is 0 Å². The Labute approximate surface area is 156 Å². The minimum absolute atomic E-state index is 0.263. The van der Waals surface area contributed by atoms with Crippen molar-refractivity contribution in [1.29, 1.82) is 0 Å². The van der Waals surface area contributed by atoms with E-state index >= 15 is 0 Å². The summed E-state index contributed by atoms with van der Waals surface area (Å²) in [6.07, 6.45) is 1.12. The Morgan fingerprint density at radius 1 is 1.12 bits per heavy atom. The summed E-state index contributed by atoms with van der Waals surface area (Å²) in [4.78, 5) is 12.2. The number of nitrogens with zero attached hydrogens (tertiary/aromatic N) is 2. The van der Waals surface area contributed by atoms with Crippen molar-refractivity contribution in [1.82, 2.24) is 10.2 Å². The number of methoxy groups -OCH3 is 1. The molecule has 0 bridgehead atoms. The number of nitrogens with one attached hydrogen (secondary N) is 1. The van der Waals surface area contributed by atoms with Crippen LogP contribution in [0.5, 0.6) is 5.75 Å². The van der Waals surface area contributed by atoms with Gasteiger partial charge >= 0.3 is 0 Å². The van der Waals surface area contributed by atoms with Crippen LogP contribution in [0, 0.1) is 0 Å². The number of amides is 1. The number of hydrogen-bond acceptors (Lipinski definition) is 6. The molecular weight excluding hydrogens is 348 g/mol. The lowest BCUT2D eigenvalue weighted by molar-refractivity contribution is -0.117. The summed E-state index contributed by atoms with van der Waals surface area (Å²) in [5, 5.41) is 12.2. The summed E-state index contributed by atoms with van der Waals surface area (Å²) in [7, 11) is 1.64. The number of ether oxygens (including phenoxy) is 1. The summed E-state index contributed by atoms with van der Waals surface area (Å²) in [5.41, 5.74) is 8.11. The highest BCUT2D eigenvalue weighted by Gasteiger charge is 2.16. The van der Waals surface area contributed by atoms with Crippen molar-refractivity contribution in [3.8, 4) is 5.75 Å². The molecular formula is C19H20N4O2S. The minimum Gasteiger partial charge on any atom is -0.497 e. The summed E-state index contributed by atoms with van der Waals surface area (Å²) < 4.78 is 5.15. The number of aromatic nitrogens is 2. The van der Waals surface area contributed by atoms with Crippen molar-refractivity contribution < 1.29 is 9.53 Å². The number of carbonyl (C=O) groups is 1. The Balaban J connectivity index is 1.56. The first-order valence-electron chi connectivity index (χ1n) is 8.19. The van der Waals surface area contributed by atoms with Crippen LogP contribution in [0.2, 0.25) is 0 Å². The lowest BCUT2D eigenvalue weighted by Gasteiger charge is -2.10. The maximum absolute atomic E-state index is 12.2. The van der Waals surface area contributed by atoms with Crippen molar-refractivity contribution in [2.24, 2.45) is 5.73 Å². The first-order valence-corrected chi connectivity index (χ1v) is 9.01. The molecule has 0 spiro atoms. The molecule has 0 aliphatic rings. The summed E-state index contributed by atoms with van der Waals surface area (Å²) in [6.45, 7) is 0. The fraction of sp³-hybridized carbons (Fsp3) is 0.211. The molecule has 1 amide bonds. The van der Waals surface area contributed by atoms with Gasteiger partial charge < -0.3 is 10.5 Å². The molecule has 0 fully saturated rings. The van der Waals surface area contributed by atoms with E-state index in [1.54, 1.807) is 7.11 Å². The van der Waals surface area contributed by atoms with Crippen molar-refractivity contribution in [2.75, 3.05) is 12.4 Å². The van der Waals surface area contributed by atoms with Crippen molar-refractivity contribution in [3.05, 3.63) is 70.7 Å². The Morgan fingerprint density at radius 2 is 1.85 bits per heavy atom. The van der Waals surface area contributed by atoms with Gasteiger partial charge in [-0.3, -0.25) is 10.1 Å². The highest BCUT2D eigenvalue weighted by molar-refractivity contribution is 7.15. The second kappa shape index (κ2) is 8.55. The zero-order chi connectivity index (χ0) is 18.4. The van der Waals surface area contributed by atoms with E-state index in [9.17, 15) is 4.79 Å². The fourth-order valence-corrected chi connectivity index (χ4v) is 3.23. The van der Waals surface area contributed by atoms with Crippen LogP contribution in [0.4, 0.5) is 5.13 Å². The average Bonchev–Trinajstić information content (AvgIpc) is 3.10. The molecule has 1 aromatic heterocycles. The van der Waals surface area contributed by atoms with Gasteiger partial charge in [-0.05, 0) is 29.7 Å². The van der Waals surface area contributed by atoms with Crippen LogP contribution in [0.3, 0.4) is 0 Å². The van der Waals surface area contributed by atoms with Crippen LogP contribution in [-0.2, 0) is 17.6 Å². The third kappa shape index (κ3) is 4.87. The van der Waals surface area contributed by atoms with Gasteiger partial charge in [0.2, 0.25) is 11.0 Å². The fourth-order valence-electron chi connectivity index (χ4n) is 2.45. The Morgan fingerprint density at radius 3 is 2.54 bits per heavy atom. The van der Waals surface area contributed by atoms with E-state index in [1.807, 2.05) is 54.6 Å². The average molecular weight is 368 g/mol. The van der Waals surface area contributed by atoms with Crippen LogP contribution < -0.4 is 15.8 Å². The Hall–Kier alpha value is -2.77. The number of carbonyl (C=O) groups excluding carboxylic acids is 1. The summed E-state index contributed by atoms with van der Waals surface area (Å²) >= 11 is 1.35. The molecule has 7 heteroatoms. The van der Waals surface area contributed by atoms with Crippen LogP contribution in [0.15, 0.2) is 54.6 Å². The van der Waals surface area contributed by atoms with E-state index in [1.165, 1.54) is 11.3 Å². The largest absolute Gasteiger partial charge is 0.497 e. The third-order valence-corrected chi connectivity index (χ3v) is 4.69. The van der Waals surface area contributed by atoms with E-state index in [0.717, 1.165) is 21.9 Å². The SMILES string of the molecule is COc1ccc(Cc2nnc(NC(=O)C(N)Cc3ccccc3)s2)cc1. The molecule has 0 aliphatic heterocycles. The Bertz CT molecular complexity index is 849. The molecule has 0 aliphatic carbocycles. The highest BCUT2D eigenvalue weighted by Crippen LogP contribution is 2.20. The molecule has 134 valence electrons. The van der Waals surface area contributed by atoms with E-state index in [0.29, 0.717) is 18.0 Å². The summed E-state index contributed by atoms with van der Waals surface area (Å²) in [6, 6.07) is 16.8. The topological polar surface area (TPSA) is 90.1 Å². The van der Waals surface area contributed by atoms with E-state index in [2.05, 4.69) is 15.5 Å². The predicted molar refractivity (Wildman–Crippen MR) is 102 cm³/mol. The van der Waals surface area contributed by atoms with Gasteiger partial charge in [0, 0.05) is 6.42 Å². The second-order valence-electron chi connectivity index (χ2n) is 5.81. The molecule has 3 rings (SSSR count). The van der Waals surface area contributed by atoms with E-state index in [-0.39, 0.29) is 5.91 Å². The molecule has 1 unspecified atom stereocenters. The van der Waals surface area contributed by atoms with Gasteiger partial charge in [0.05, 0.1) is 13.2 Å². The quantitative estimate of drug-likeness (QED) is 0.669. The van der Waals surface area contributed by atoms with Gasteiger partial charge in [0.15, 0.2) is 0 Å². The van der Waals surface area contributed by atoms with Crippen molar-refractivity contribution in [2.45, 2.75) is 18.9 Å². The molecule has 2 aromatic carbocycles. The van der Waals surface area contributed by atoms with Gasteiger partial charge in [0.25, 0.3) is 0 Å². The molecule has 0 saturated carbocycles. The minimum atomic E-state index is -0.633. The highest BCUT2D eigenvalue weighted by atomic mass is 32.1. The number of hydrogen-bond donors (Lipinski definition) is 2. The number of benzene rings is 2. The molecule has 1 atom stereocenters. The number of rotatable bonds is 7. The molecule has 26 heavy (non-hydrogen) atoms. The third-order valence-electron chi connectivity index (χ3n) is 3.85. The molecule has 1 heterocycles. The van der Waals surface area contributed by atoms with Gasteiger partial charge in [-0.1, -0.05) is 53.8 Å². The van der Waals surface area contributed by atoms with E-state index in [4.69, 9.17) is 10.5 Å². The molecule has 0 saturated heterocycles. The van der Waals surface area contributed by atoms with Crippen LogP contribution in [-0.4, -0.2) is 29.3 Å². The first-order chi connectivity index (χ1) is 12.6. The van der Waals surface area contributed by atoms with Crippen LogP contribution >= 0.6 is 11.3 Å². The number of anilines is 1. The van der Waals surface area contributed by atoms with Crippen molar-refractivity contribution >= 4 is 22.4 Å². The van der Waals surface area contributed by atoms with Crippen LogP contribution in [0.25, 0.3) is 0 Å². The standard InChI is InChI=1S/C19H20N4O2S/c1-25-15-9-7-14(8-10-15)12-17-22-23-19(26-17)21-18(24)16(20)11-13-5-3-2-4-6-13/h2-10,16H,11-12,20H2,1H3,(H,21,23,24). The van der Waals surface area contributed by atoms with Gasteiger partial charge in [-0.25, -0.2) is 0 Å². The van der Waals surface area contributed by atoms with E-state index < -0.39 is 6.04 Å². The monoisotopic (exact) mass is 368 g/mol. The zero-order valence-corrected chi connectivity index (χ0v) is 15.2. The maximum atomic E-state index is 12.2. The smallest absolute Gasteiger partial charge is 0.243 e. The van der Waals surface area contributed by atoms with Gasteiger partial charge in [-0.15, -0.1) is 10.2 Å². The molecule has 3 N–H and O–H groups in total. The molecule has 0 radical (unpaired) electrons. The van der Waals surface area contributed by atoms with Gasteiger partial charge in [0.1, 0.15) is 10.8 Å². The summed E-state index contributed by atoms with van der Waals surface area (Å²) in [5.74, 6) is 0.548. The second-order valence-corrected chi connectivity index (χ2v) is 6.87. The molecule has 6 nitrogen and oxygen atoms in total. The lowest BCUT2D eigenvalue weighted by Crippen LogP contribution is -2.37. The maximum Gasteiger partial charge on any atom is 0.243 e. The van der Waals surface area contributed by atoms with Crippen LogP contribution in [0.1, 0.15) is 16.1 Å². The lowest BCUT2D eigenvalue weighted by atomic mass is 10.1. The predicted octanol–water partition coefficient (Wildman–Crippen LogP) is 2.65. The molecule has 3 aromatic rings. The normalized spacial score (nSPS) is 11.8. The zero-order valence-electron chi connectivity index (χ0n) is 14.4. The number of nitrogens with two attached hydrogens (primary N) is 1. The first kappa shape index (κ1) is 18.0. The Kier molecular flexibility index (Phi) is 5.93.